The van der Waals surface area contributed by atoms with Gasteiger partial charge in [0.2, 0.25) is 0 Å². The van der Waals surface area contributed by atoms with E-state index in [1.54, 1.807) is 13.0 Å². The average molecular weight is 441 g/mol. The first-order valence-corrected chi connectivity index (χ1v) is 10.7. The SMILES string of the molecule is CC(=O)CCC/C=C\C[C@H]1CC[C@@H](O)[C@@H]1/C=C/[C@@H](O)COc1cccc(C(F)(F)F)c1. The predicted octanol–water partition coefficient (Wildman–Crippen LogP) is 5.09. The Labute approximate surface area is 181 Å². The molecule has 7 heteroatoms. The fourth-order valence-electron chi connectivity index (χ4n) is 3.76. The highest BCUT2D eigenvalue weighted by Gasteiger charge is 2.32. The molecule has 1 aliphatic rings. The van der Waals surface area contributed by atoms with Crippen molar-refractivity contribution >= 4 is 5.78 Å². The van der Waals surface area contributed by atoms with Gasteiger partial charge in [0.15, 0.2) is 0 Å². The Balaban J connectivity index is 1.82. The van der Waals surface area contributed by atoms with Crippen molar-refractivity contribution in [3.05, 3.63) is 54.1 Å². The molecule has 1 aromatic carbocycles. The van der Waals surface area contributed by atoms with Crippen LogP contribution in [0.2, 0.25) is 0 Å². The van der Waals surface area contributed by atoms with Crippen molar-refractivity contribution < 1.29 is 32.9 Å². The molecule has 0 saturated heterocycles. The lowest BCUT2D eigenvalue weighted by molar-refractivity contribution is -0.137. The molecule has 172 valence electrons. The smallest absolute Gasteiger partial charge is 0.416 e. The van der Waals surface area contributed by atoms with Gasteiger partial charge in [0, 0.05) is 12.3 Å². The van der Waals surface area contributed by atoms with Gasteiger partial charge in [-0.2, -0.15) is 13.2 Å². The minimum absolute atomic E-state index is 0.0379. The molecule has 0 aliphatic heterocycles. The molecule has 0 radical (unpaired) electrons. The van der Waals surface area contributed by atoms with E-state index in [4.69, 9.17) is 4.74 Å². The molecule has 4 atom stereocenters. The van der Waals surface area contributed by atoms with Crippen molar-refractivity contribution in [2.45, 2.75) is 63.8 Å². The topological polar surface area (TPSA) is 66.8 Å². The molecule has 1 saturated carbocycles. The number of aliphatic hydroxyl groups excluding tert-OH is 2. The Bertz CT molecular complexity index is 757. The highest BCUT2D eigenvalue weighted by Crippen LogP contribution is 2.36. The first-order chi connectivity index (χ1) is 14.7. The quantitative estimate of drug-likeness (QED) is 0.371. The third kappa shape index (κ3) is 8.87. The molecular formula is C24H31F3O4. The second kappa shape index (κ2) is 12.1. The zero-order valence-corrected chi connectivity index (χ0v) is 17.7. The van der Waals surface area contributed by atoms with Gasteiger partial charge in [-0.1, -0.05) is 30.4 Å². The maximum atomic E-state index is 12.8. The van der Waals surface area contributed by atoms with Crippen LogP contribution in [0.3, 0.4) is 0 Å². The summed E-state index contributed by atoms with van der Waals surface area (Å²) in [5.41, 5.74) is -0.804. The number of carbonyl (C=O) groups is 1. The average Bonchev–Trinajstić information content (AvgIpc) is 3.06. The number of benzene rings is 1. The monoisotopic (exact) mass is 440 g/mol. The Kier molecular flexibility index (Phi) is 9.78. The normalized spacial score (nSPS) is 23.0. The van der Waals surface area contributed by atoms with E-state index in [1.807, 2.05) is 0 Å². The lowest BCUT2D eigenvalue weighted by Crippen LogP contribution is -2.19. The summed E-state index contributed by atoms with van der Waals surface area (Å²) in [5, 5.41) is 20.4. The van der Waals surface area contributed by atoms with Crippen LogP contribution in [-0.2, 0) is 11.0 Å². The molecule has 2 N–H and O–H groups in total. The van der Waals surface area contributed by atoms with E-state index in [0.29, 0.717) is 12.8 Å². The van der Waals surface area contributed by atoms with Crippen LogP contribution in [0.5, 0.6) is 5.75 Å². The summed E-state index contributed by atoms with van der Waals surface area (Å²) in [5.74, 6) is 0.390. The van der Waals surface area contributed by atoms with Crippen molar-refractivity contribution in [2.24, 2.45) is 11.8 Å². The lowest BCUT2D eigenvalue weighted by atomic mass is 9.91. The Hall–Kier alpha value is -2.12. The first-order valence-electron chi connectivity index (χ1n) is 10.7. The molecule has 1 fully saturated rings. The number of hydrogen-bond donors (Lipinski definition) is 2. The number of aliphatic hydroxyl groups is 2. The molecule has 0 amide bonds. The minimum Gasteiger partial charge on any atom is -0.491 e. The molecule has 0 heterocycles. The molecule has 31 heavy (non-hydrogen) atoms. The Morgan fingerprint density at radius 1 is 1.29 bits per heavy atom. The van der Waals surface area contributed by atoms with Gasteiger partial charge in [-0.05, 0) is 63.1 Å². The summed E-state index contributed by atoms with van der Waals surface area (Å²) in [6.07, 6.45) is 6.18. The zero-order valence-electron chi connectivity index (χ0n) is 17.7. The van der Waals surface area contributed by atoms with E-state index in [-0.39, 0.29) is 30.0 Å². The van der Waals surface area contributed by atoms with Gasteiger partial charge in [0.1, 0.15) is 24.2 Å². The summed E-state index contributed by atoms with van der Waals surface area (Å²) in [6, 6.07) is 4.53. The zero-order chi connectivity index (χ0) is 22.9. The summed E-state index contributed by atoms with van der Waals surface area (Å²) in [6.45, 7) is 1.40. The van der Waals surface area contributed by atoms with E-state index in [9.17, 15) is 28.2 Å². The van der Waals surface area contributed by atoms with Crippen molar-refractivity contribution in [2.75, 3.05) is 6.61 Å². The van der Waals surface area contributed by atoms with Gasteiger partial charge in [0.25, 0.3) is 0 Å². The van der Waals surface area contributed by atoms with E-state index < -0.39 is 23.9 Å². The molecule has 4 nitrogen and oxygen atoms in total. The van der Waals surface area contributed by atoms with Gasteiger partial charge in [-0.15, -0.1) is 0 Å². The molecule has 1 aliphatic carbocycles. The summed E-state index contributed by atoms with van der Waals surface area (Å²) >= 11 is 0. The Morgan fingerprint density at radius 3 is 2.77 bits per heavy atom. The molecule has 0 spiro atoms. The molecule has 2 rings (SSSR count). The van der Waals surface area contributed by atoms with Crippen LogP contribution in [0.1, 0.15) is 51.0 Å². The number of alkyl halides is 3. The maximum Gasteiger partial charge on any atom is 0.416 e. The van der Waals surface area contributed by atoms with E-state index >= 15 is 0 Å². The number of ether oxygens (including phenoxy) is 1. The molecule has 0 unspecified atom stereocenters. The largest absolute Gasteiger partial charge is 0.491 e. The van der Waals surface area contributed by atoms with E-state index in [1.165, 1.54) is 18.2 Å². The van der Waals surface area contributed by atoms with Crippen LogP contribution in [0.15, 0.2) is 48.6 Å². The van der Waals surface area contributed by atoms with Crippen LogP contribution in [-0.4, -0.2) is 34.8 Å². The van der Waals surface area contributed by atoms with Crippen molar-refractivity contribution in [3.8, 4) is 5.75 Å². The van der Waals surface area contributed by atoms with Crippen molar-refractivity contribution in [1.82, 2.24) is 0 Å². The summed E-state index contributed by atoms with van der Waals surface area (Å²) < 4.78 is 43.6. The lowest BCUT2D eigenvalue weighted by Gasteiger charge is -2.18. The van der Waals surface area contributed by atoms with Gasteiger partial charge >= 0.3 is 6.18 Å². The number of hydrogen-bond acceptors (Lipinski definition) is 4. The third-order valence-corrected chi connectivity index (χ3v) is 5.46. The van der Waals surface area contributed by atoms with Gasteiger partial charge < -0.3 is 19.7 Å². The van der Waals surface area contributed by atoms with Crippen LogP contribution in [0.25, 0.3) is 0 Å². The fraction of sp³-hybridized carbons (Fsp3) is 0.542. The van der Waals surface area contributed by atoms with Gasteiger partial charge in [-0.25, -0.2) is 0 Å². The number of Topliss-reactive ketones (excluding diaryl/α,β-unsaturated/α-hetero) is 1. The molecule has 0 bridgehead atoms. The van der Waals surface area contributed by atoms with Crippen molar-refractivity contribution in [1.29, 1.82) is 0 Å². The molecule has 0 aromatic heterocycles. The van der Waals surface area contributed by atoms with Gasteiger partial charge in [-0.3, -0.25) is 0 Å². The van der Waals surface area contributed by atoms with Crippen LogP contribution in [0.4, 0.5) is 13.2 Å². The van der Waals surface area contributed by atoms with Crippen LogP contribution >= 0.6 is 0 Å². The number of unbranched alkanes of at least 4 members (excludes halogenated alkanes) is 1. The second-order valence-corrected chi connectivity index (χ2v) is 8.07. The number of allylic oxidation sites excluding steroid dienone is 2. The van der Waals surface area contributed by atoms with Crippen molar-refractivity contribution in [3.63, 3.8) is 0 Å². The predicted molar refractivity (Wildman–Crippen MR) is 113 cm³/mol. The number of ketones is 1. The highest BCUT2D eigenvalue weighted by molar-refractivity contribution is 5.75. The second-order valence-electron chi connectivity index (χ2n) is 8.07. The Morgan fingerprint density at radius 2 is 2.06 bits per heavy atom. The standard InChI is InChI=1S/C24H31F3O4/c1-17(28)7-4-2-3-5-8-18-11-14-23(30)22(18)13-12-20(29)16-31-21-10-6-9-19(15-21)24(25,26)27/h3,5-6,9-10,12-13,15,18,20,22-23,29-30H,2,4,7-8,11,14,16H2,1H3/b5-3-,13-12+/t18-,20+,22+,23+/m0/s1. The fourth-order valence-corrected chi connectivity index (χ4v) is 3.76. The summed E-state index contributed by atoms with van der Waals surface area (Å²) in [7, 11) is 0. The first kappa shape index (κ1) is 25.1. The highest BCUT2D eigenvalue weighted by atomic mass is 19.4. The van der Waals surface area contributed by atoms with Crippen LogP contribution in [0, 0.1) is 11.8 Å². The maximum absolute atomic E-state index is 12.8. The minimum atomic E-state index is -4.45. The molecule has 1 aromatic rings. The van der Waals surface area contributed by atoms with Gasteiger partial charge in [0.05, 0.1) is 11.7 Å². The summed E-state index contributed by atoms with van der Waals surface area (Å²) in [4.78, 5) is 10.9. The molecular weight excluding hydrogens is 409 g/mol. The van der Waals surface area contributed by atoms with E-state index in [2.05, 4.69) is 12.2 Å². The van der Waals surface area contributed by atoms with Crippen LogP contribution < -0.4 is 4.74 Å². The van der Waals surface area contributed by atoms with E-state index in [0.717, 1.165) is 37.8 Å². The number of rotatable bonds is 11. The third-order valence-electron chi connectivity index (χ3n) is 5.46. The number of carbonyl (C=O) groups excluding carboxylic acids is 1. The number of halogens is 3.